The number of unbranched alkanes of at least 4 members (excludes halogenated alkanes) is 1. The molecule has 1 amide bonds. The van der Waals surface area contributed by atoms with Gasteiger partial charge in [0.2, 0.25) is 5.91 Å². The molecular weight excluding hydrogens is 208 g/mol. The van der Waals surface area contributed by atoms with E-state index in [1.54, 1.807) is 0 Å². The average molecular weight is 230 g/mol. The SMILES string of the molecule is CCCC[C@H](NC(=O)CNCCC)C(=O)O. The lowest BCUT2D eigenvalue weighted by Gasteiger charge is -2.14. The highest BCUT2D eigenvalue weighted by atomic mass is 16.4. The van der Waals surface area contributed by atoms with Crippen LogP contribution in [-0.4, -0.2) is 36.1 Å². The summed E-state index contributed by atoms with van der Waals surface area (Å²) in [5.74, 6) is -1.21. The fourth-order valence-corrected chi connectivity index (χ4v) is 1.29. The van der Waals surface area contributed by atoms with E-state index in [9.17, 15) is 9.59 Å². The second kappa shape index (κ2) is 9.15. The van der Waals surface area contributed by atoms with Crippen molar-refractivity contribution in [2.24, 2.45) is 0 Å². The van der Waals surface area contributed by atoms with Crippen molar-refractivity contribution in [2.75, 3.05) is 13.1 Å². The number of aliphatic carboxylic acids is 1. The highest BCUT2D eigenvalue weighted by Crippen LogP contribution is 2.00. The van der Waals surface area contributed by atoms with Crippen LogP contribution in [0.2, 0.25) is 0 Å². The van der Waals surface area contributed by atoms with Crippen LogP contribution in [0.3, 0.4) is 0 Å². The van der Waals surface area contributed by atoms with E-state index >= 15 is 0 Å². The maximum absolute atomic E-state index is 11.4. The van der Waals surface area contributed by atoms with E-state index in [2.05, 4.69) is 10.6 Å². The molecule has 0 rings (SSSR count). The molecule has 0 bridgehead atoms. The Kier molecular flexibility index (Phi) is 8.52. The minimum Gasteiger partial charge on any atom is -0.480 e. The highest BCUT2D eigenvalue weighted by Gasteiger charge is 2.18. The molecule has 0 fully saturated rings. The largest absolute Gasteiger partial charge is 0.480 e. The van der Waals surface area contributed by atoms with Crippen molar-refractivity contribution in [3.8, 4) is 0 Å². The molecule has 0 heterocycles. The molecule has 94 valence electrons. The van der Waals surface area contributed by atoms with Gasteiger partial charge in [-0.1, -0.05) is 26.7 Å². The number of carboxylic acid groups (broad SMARTS) is 1. The van der Waals surface area contributed by atoms with E-state index in [-0.39, 0.29) is 12.5 Å². The fourth-order valence-electron chi connectivity index (χ4n) is 1.29. The molecule has 0 saturated carbocycles. The van der Waals surface area contributed by atoms with Crippen LogP contribution in [0.5, 0.6) is 0 Å². The summed E-state index contributed by atoms with van der Waals surface area (Å²) in [6.45, 7) is 4.94. The van der Waals surface area contributed by atoms with Crippen LogP contribution in [-0.2, 0) is 9.59 Å². The van der Waals surface area contributed by atoms with E-state index in [1.165, 1.54) is 0 Å². The smallest absolute Gasteiger partial charge is 0.326 e. The third-order valence-electron chi connectivity index (χ3n) is 2.19. The van der Waals surface area contributed by atoms with Crippen molar-refractivity contribution in [1.29, 1.82) is 0 Å². The lowest BCUT2D eigenvalue weighted by molar-refractivity contribution is -0.141. The number of nitrogens with one attached hydrogen (secondary N) is 2. The predicted molar refractivity (Wildman–Crippen MR) is 62.3 cm³/mol. The van der Waals surface area contributed by atoms with Crippen LogP contribution in [0, 0.1) is 0 Å². The first-order valence-corrected chi connectivity index (χ1v) is 5.84. The van der Waals surface area contributed by atoms with Gasteiger partial charge in [0.15, 0.2) is 0 Å². The summed E-state index contributed by atoms with van der Waals surface area (Å²) in [6, 6.07) is -0.754. The second-order valence-electron chi connectivity index (χ2n) is 3.78. The van der Waals surface area contributed by atoms with Gasteiger partial charge in [-0.3, -0.25) is 4.79 Å². The lowest BCUT2D eigenvalue weighted by atomic mass is 10.1. The highest BCUT2D eigenvalue weighted by molar-refractivity contribution is 5.84. The average Bonchev–Trinajstić information content (AvgIpc) is 2.24. The Balaban J connectivity index is 3.88. The van der Waals surface area contributed by atoms with Crippen LogP contribution >= 0.6 is 0 Å². The molecule has 0 aliphatic rings. The molecule has 0 aliphatic carbocycles. The molecule has 0 saturated heterocycles. The summed E-state index contributed by atoms with van der Waals surface area (Å²) >= 11 is 0. The van der Waals surface area contributed by atoms with Crippen LogP contribution < -0.4 is 10.6 Å². The number of hydrogen-bond acceptors (Lipinski definition) is 3. The number of hydrogen-bond donors (Lipinski definition) is 3. The van der Waals surface area contributed by atoms with Gasteiger partial charge < -0.3 is 15.7 Å². The Hall–Kier alpha value is -1.10. The zero-order valence-corrected chi connectivity index (χ0v) is 10.1. The Morgan fingerprint density at radius 3 is 2.44 bits per heavy atom. The van der Waals surface area contributed by atoms with Gasteiger partial charge in [-0.2, -0.15) is 0 Å². The molecule has 0 aromatic carbocycles. The third-order valence-corrected chi connectivity index (χ3v) is 2.19. The Labute approximate surface area is 96.6 Å². The molecule has 0 aliphatic heterocycles. The summed E-state index contributed by atoms with van der Waals surface area (Å²) in [5.41, 5.74) is 0. The van der Waals surface area contributed by atoms with Crippen LogP contribution in [0.1, 0.15) is 39.5 Å². The van der Waals surface area contributed by atoms with E-state index in [0.29, 0.717) is 6.42 Å². The monoisotopic (exact) mass is 230 g/mol. The molecule has 0 unspecified atom stereocenters. The van der Waals surface area contributed by atoms with Crippen molar-refractivity contribution in [3.05, 3.63) is 0 Å². The third kappa shape index (κ3) is 7.23. The van der Waals surface area contributed by atoms with E-state index < -0.39 is 12.0 Å². The Morgan fingerprint density at radius 1 is 1.25 bits per heavy atom. The summed E-state index contributed by atoms with van der Waals surface area (Å²) in [6.07, 6.45) is 3.17. The van der Waals surface area contributed by atoms with E-state index in [1.807, 2.05) is 13.8 Å². The molecular formula is C11H22N2O3. The van der Waals surface area contributed by atoms with E-state index in [0.717, 1.165) is 25.8 Å². The number of carboxylic acids is 1. The van der Waals surface area contributed by atoms with Crippen molar-refractivity contribution < 1.29 is 14.7 Å². The van der Waals surface area contributed by atoms with Gasteiger partial charge in [-0.25, -0.2) is 4.79 Å². The number of carbonyl (C=O) groups is 2. The predicted octanol–water partition coefficient (Wildman–Crippen LogP) is 0.746. The van der Waals surface area contributed by atoms with Crippen molar-refractivity contribution in [3.63, 3.8) is 0 Å². The second-order valence-corrected chi connectivity index (χ2v) is 3.78. The van der Waals surface area contributed by atoms with Crippen molar-refractivity contribution >= 4 is 11.9 Å². The fraction of sp³-hybridized carbons (Fsp3) is 0.818. The number of rotatable bonds is 9. The first-order valence-electron chi connectivity index (χ1n) is 5.84. The number of amides is 1. The topological polar surface area (TPSA) is 78.4 Å². The van der Waals surface area contributed by atoms with Crippen molar-refractivity contribution in [1.82, 2.24) is 10.6 Å². The normalized spacial score (nSPS) is 12.1. The molecule has 0 radical (unpaired) electrons. The molecule has 0 aromatic rings. The Bertz CT molecular complexity index is 219. The quantitative estimate of drug-likeness (QED) is 0.511. The molecule has 0 spiro atoms. The summed E-state index contributed by atoms with van der Waals surface area (Å²) in [5, 5.41) is 14.3. The molecule has 1 atom stereocenters. The molecule has 3 N–H and O–H groups in total. The van der Waals surface area contributed by atoms with Gasteiger partial charge in [0.25, 0.3) is 0 Å². The van der Waals surface area contributed by atoms with E-state index in [4.69, 9.17) is 5.11 Å². The minimum atomic E-state index is -0.961. The summed E-state index contributed by atoms with van der Waals surface area (Å²) < 4.78 is 0. The zero-order chi connectivity index (χ0) is 12.4. The van der Waals surface area contributed by atoms with Gasteiger partial charge >= 0.3 is 5.97 Å². The van der Waals surface area contributed by atoms with Crippen LogP contribution in [0.4, 0.5) is 0 Å². The maximum Gasteiger partial charge on any atom is 0.326 e. The van der Waals surface area contributed by atoms with Crippen molar-refractivity contribution in [2.45, 2.75) is 45.6 Å². The van der Waals surface area contributed by atoms with Gasteiger partial charge in [-0.15, -0.1) is 0 Å². The molecule has 5 heteroatoms. The first kappa shape index (κ1) is 14.9. The summed E-state index contributed by atoms with van der Waals surface area (Å²) in [7, 11) is 0. The lowest BCUT2D eigenvalue weighted by Crippen LogP contribution is -2.44. The van der Waals surface area contributed by atoms with Crippen LogP contribution in [0.15, 0.2) is 0 Å². The van der Waals surface area contributed by atoms with Gasteiger partial charge in [0.1, 0.15) is 6.04 Å². The standard InChI is InChI=1S/C11H22N2O3/c1-3-5-6-9(11(15)16)13-10(14)8-12-7-4-2/h9,12H,3-8H2,1-2H3,(H,13,14)(H,15,16)/t9-/m0/s1. The Morgan fingerprint density at radius 2 is 1.94 bits per heavy atom. The zero-order valence-electron chi connectivity index (χ0n) is 10.1. The molecule has 16 heavy (non-hydrogen) atoms. The minimum absolute atomic E-state index is 0.184. The summed E-state index contributed by atoms with van der Waals surface area (Å²) in [4.78, 5) is 22.2. The maximum atomic E-state index is 11.4. The van der Waals surface area contributed by atoms with Crippen LogP contribution in [0.25, 0.3) is 0 Å². The van der Waals surface area contributed by atoms with Gasteiger partial charge in [0.05, 0.1) is 6.54 Å². The first-order chi connectivity index (χ1) is 7.61. The van der Waals surface area contributed by atoms with Gasteiger partial charge in [-0.05, 0) is 19.4 Å². The molecule has 5 nitrogen and oxygen atoms in total. The molecule has 0 aromatic heterocycles. The van der Waals surface area contributed by atoms with Gasteiger partial charge in [0, 0.05) is 0 Å². The number of carbonyl (C=O) groups excluding carboxylic acids is 1.